The Balaban J connectivity index is 2.54. The number of carboxylic acids is 1. The van der Waals surface area contributed by atoms with Gasteiger partial charge in [0.15, 0.2) is 0 Å². The smallest absolute Gasteiger partial charge is 0.309 e. The fourth-order valence-corrected chi connectivity index (χ4v) is 1.77. The number of hydrogen-bond acceptors (Lipinski definition) is 2. The highest BCUT2D eigenvalue weighted by molar-refractivity contribution is 5.84. The third kappa shape index (κ3) is 4.36. The summed E-state index contributed by atoms with van der Waals surface area (Å²) in [6.45, 7) is 6.80. The van der Waals surface area contributed by atoms with Crippen molar-refractivity contribution < 1.29 is 14.7 Å². The standard InChI is InChI=1S/C13H23NO3/c1-4-7-14(9-10-5-6-10)11(15)8-13(2,3)12(16)17/h10H,4-9H2,1-3H3,(H,16,17). The van der Waals surface area contributed by atoms with Crippen LogP contribution in [0.15, 0.2) is 0 Å². The largest absolute Gasteiger partial charge is 0.481 e. The zero-order chi connectivity index (χ0) is 13.1. The van der Waals surface area contributed by atoms with Crippen LogP contribution in [0.5, 0.6) is 0 Å². The van der Waals surface area contributed by atoms with E-state index in [1.165, 1.54) is 12.8 Å². The third-order valence-electron chi connectivity index (χ3n) is 3.19. The van der Waals surface area contributed by atoms with E-state index in [9.17, 15) is 9.59 Å². The maximum atomic E-state index is 12.1. The topological polar surface area (TPSA) is 57.6 Å². The Labute approximate surface area is 103 Å². The van der Waals surface area contributed by atoms with Crippen LogP contribution in [0.4, 0.5) is 0 Å². The monoisotopic (exact) mass is 241 g/mol. The van der Waals surface area contributed by atoms with Crippen LogP contribution in [-0.2, 0) is 9.59 Å². The van der Waals surface area contributed by atoms with Crippen molar-refractivity contribution in [2.24, 2.45) is 11.3 Å². The molecular weight excluding hydrogens is 218 g/mol. The van der Waals surface area contributed by atoms with Gasteiger partial charge in [0.05, 0.1) is 5.41 Å². The Morgan fingerprint density at radius 3 is 2.35 bits per heavy atom. The van der Waals surface area contributed by atoms with Crippen molar-refractivity contribution >= 4 is 11.9 Å². The summed E-state index contributed by atoms with van der Waals surface area (Å²) in [4.78, 5) is 24.9. The van der Waals surface area contributed by atoms with Gasteiger partial charge in [-0.1, -0.05) is 6.92 Å². The lowest BCUT2D eigenvalue weighted by atomic mass is 9.89. The molecule has 0 aromatic carbocycles. The number of nitrogens with zero attached hydrogens (tertiary/aromatic N) is 1. The Bertz CT molecular complexity index is 295. The summed E-state index contributed by atoms with van der Waals surface area (Å²) >= 11 is 0. The van der Waals surface area contributed by atoms with Crippen molar-refractivity contribution in [3.63, 3.8) is 0 Å². The number of carbonyl (C=O) groups is 2. The average molecular weight is 241 g/mol. The molecule has 0 aliphatic heterocycles. The van der Waals surface area contributed by atoms with E-state index in [4.69, 9.17) is 5.11 Å². The van der Waals surface area contributed by atoms with E-state index >= 15 is 0 Å². The van der Waals surface area contributed by atoms with E-state index < -0.39 is 11.4 Å². The van der Waals surface area contributed by atoms with Gasteiger partial charge >= 0.3 is 5.97 Å². The van der Waals surface area contributed by atoms with Crippen LogP contribution in [0.2, 0.25) is 0 Å². The number of aliphatic carboxylic acids is 1. The molecule has 0 heterocycles. The van der Waals surface area contributed by atoms with Gasteiger partial charge in [0.25, 0.3) is 0 Å². The van der Waals surface area contributed by atoms with Crippen molar-refractivity contribution in [2.75, 3.05) is 13.1 Å². The van der Waals surface area contributed by atoms with Gasteiger partial charge in [0.2, 0.25) is 5.91 Å². The minimum absolute atomic E-state index is 0.0221. The predicted molar refractivity (Wildman–Crippen MR) is 65.6 cm³/mol. The van der Waals surface area contributed by atoms with Crippen LogP contribution in [0.3, 0.4) is 0 Å². The average Bonchev–Trinajstić information content (AvgIpc) is 3.00. The molecule has 0 bridgehead atoms. The Morgan fingerprint density at radius 1 is 1.35 bits per heavy atom. The molecular formula is C13H23NO3. The van der Waals surface area contributed by atoms with Crippen LogP contribution >= 0.6 is 0 Å². The molecule has 98 valence electrons. The lowest BCUT2D eigenvalue weighted by Crippen LogP contribution is -2.38. The van der Waals surface area contributed by atoms with E-state index in [1.54, 1.807) is 13.8 Å². The first-order valence-corrected chi connectivity index (χ1v) is 6.38. The summed E-state index contributed by atoms with van der Waals surface area (Å²) in [5, 5.41) is 9.03. The molecule has 4 nitrogen and oxygen atoms in total. The van der Waals surface area contributed by atoms with Gasteiger partial charge < -0.3 is 10.0 Å². The second kappa shape index (κ2) is 5.52. The Hall–Kier alpha value is -1.06. The summed E-state index contributed by atoms with van der Waals surface area (Å²) < 4.78 is 0. The van der Waals surface area contributed by atoms with E-state index in [-0.39, 0.29) is 12.3 Å². The maximum absolute atomic E-state index is 12.1. The summed E-state index contributed by atoms with van der Waals surface area (Å²) in [5.74, 6) is -0.279. The minimum atomic E-state index is -0.966. The van der Waals surface area contributed by atoms with Gasteiger partial charge in [-0.15, -0.1) is 0 Å². The predicted octanol–water partition coefficient (Wildman–Crippen LogP) is 2.14. The second-order valence-electron chi connectivity index (χ2n) is 5.65. The highest BCUT2D eigenvalue weighted by atomic mass is 16.4. The molecule has 0 radical (unpaired) electrons. The van der Waals surface area contributed by atoms with E-state index in [0.717, 1.165) is 19.5 Å². The van der Waals surface area contributed by atoms with Gasteiger partial charge in [-0.25, -0.2) is 0 Å². The first kappa shape index (κ1) is 14.0. The van der Waals surface area contributed by atoms with Crippen molar-refractivity contribution in [2.45, 2.75) is 46.5 Å². The zero-order valence-corrected chi connectivity index (χ0v) is 11.0. The molecule has 1 aliphatic rings. The zero-order valence-electron chi connectivity index (χ0n) is 11.0. The van der Waals surface area contributed by atoms with Crippen molar-refractivity contribution in [3.8, 4) is 0 Å². The molecule has 0 aromatic rings. The molecule has 0 aromatic heterocycles. The minimum Gasteiger partial charge on any atom is -0.481 e. The summed E-state index contributed by atoms with van der Waals surface area (Å²) in [7, 11) is 0. The quantitative estimate of drug-likeness (QED) is 0.743. The summed E-state index contributed by atoms with van der Waals surface area (Å²) in [6.07, 6.45) is 3.42. The summed E-state index contributed by atoms with van der Waals surface area (Å²) in [6, 6.07) is 0. The maximum Gasteiger partial charge on any atom is 0.309 e. The lowest BCUT2D eigenvalue weighted by molar-refractivity contribution is -0.151. The Kier molecular flexibility index (Phi) is 4.54. The van der Waals surface area contributed by atoms with Gasteiger partial charge in [-0.05, 0) is 39.0 Å². The summed E-state index contributed by atoms with van der Waals surface area (Å²) in [5.41, 5.74) is -0.966. The van der Waals surface area contributed by atoms with Gasteiger partial charge in [0.1, 0.15) is 0 Å². The van der Waals surface area contributed by atoms with Gasteiger partial charge in [0, 0.05) is 19.5 Å². The molecule has 1 aliphatic carbocycles. The first-order chi connectivity index (χ1) is 7.86. The molecule has 0 unspecified atom stereocenters. The molecule has 17 heavy (non-hydrogen) atoms. The number of carboxylic acid groups (broad SMARTS) is 1. The highest BCUT2D eigenvalue weighted by Crippen LogP contribution is 2.30. The van der Waals surface area contributed by atoms with Crippen LogP contribution in [0.1, 0.15) is 46.5 Å². The fourth-order valence-electron chi connectivity index (χ4n) is 1.77. The molecule has 4 heteroatoms. The molecule has 1 saturated carbocycles. The number of carbonyl (C=O) groups excluding carboxylic acids is 1. The third-order valence-corrected chi connectivity index (χ3v) is 3.19. The van der Waals surface area contributed by atoms with Crippen molar-refractivity contribution in [1.82, 2.24) is 4.90 Å². The van der Waals surface area contributed by atoms with E-state index in [0.29, 0.717) is 5.92 Å². The number of rotatable bonds is 7. The number of amides is 1. The molecule has 0 spiro atoms. The second-order valence-corrected chi connectivity index (χ2v) is 5.65. The van der Waals surface area contributed by atoms with E-state index in [1.807, 2.05) is 11.8 Å². The lowest BCUT2D eigenvalue weighted by Gasteiger charge is -2.26. The van der Waals surface area contributed by atoms with Crippen LogP contribution < -0.4 is 0 Å². The van der Waals surface area contributed by atoms with Crippen LogP contribution in [0.25, 0.3) is 0 Å². The molecule has 1 rings (SSSR count). The SMILES string of the molecule is CCCN(CC1CC1)C(=O)CC(C)(C)C(=O)O. The van der Waals surface area contributed by atoms with Crippen molar-refractivity contribution in [3.05, 3.63) is 0 Å². The van der Waals surface area contributed by atoms with Gasteiger partial charge in [-0.2, -0.15) is 0 Å². The number of hydrogen-bond donors (Lipinski definition) is 1. The fraction of sp³-hybridized carbons (Fsp3) is 0.846. The van der Waals surface area contributed by atoms with Gasteiger partial charge in [-0.3, -0.25) is 9.59 Å². The normalized spacial score (nSPS) is 15.7. The first-order valence-electron chi connectivity index (χ1n) is 6.38. The highest BCUT2D eigenvalue weighted by Gasteiger charge is 2.33. The van der Waals surface area contributed by atoms with E-state index in [2.05, 4.69) is 0 Å². The Morgan fingerprint density at radius 2 is 1.94 bits per heavy atom. The van der Waals surface area contributed by atoms with Crippen LogP contribution in [0, 0.1) is 11.3 Å². The van der Waals surface area contributed by atoms with Crippen LogP contribution in [-0.4, -0.2) is 35.0 Å². The molecule has 1 amide bonds. The van der Waals surface area contributed by atoms with Crippen molar-refractivity contribution in [1.29, 1.82) is 0 Å². The molecule has 0 saturated heterocycles. The molecule has 1 fully saturated rings. The molecule has 0 atom stereocenters. The molecule has 1 N–H and O–H groups in total.